The van der Waals surface area contributed by atoms with Crippen LogP contribution in [0.1, 0.15) is 0 Å². The fraction of sp³-hybridized carbons (Fsp3) is 0.500. The normalized spacial score (nSPS) is 7.57. The fourth-order valence-corrected chi connectivity index (χ4v) is 0.232. The van der Waals surface area contributed by atoms with E-state index in [4.69, 9.17) is 6.42 Å². The zero-order valence-corrected chi connectivity index (χ0v) is 4.47. The standard InChI is InChI=1S/C4H7BO2/c1-4-5(6-2)7-3/h1H,2-3H3. The molecule has 7 heavy (non-hydrogen) atoms. The smallest absolute Gasteiger partial charge is 0.403 e. The second kappa shape index (κ2) is 3.73. The van der Waals surface area contributed by atoms with Gasteiger partial charge < -0.3 is 9.31 Å². The van der Waals surface area contributed by atoms with Crippen LogP contribution in [-0.2, 0) is 9.31 Å². The average molecular weight is 97.9 g/mol. The minimum atomic E-state index is -0.486. The highest BCUT2D eigenvalue weighted by Gasteiger charge is 2.06. The largest absolute Gasteiger partial charge is 0.549 e. The minimum absolute atomic E-state index is 0.486. The van der Waals surface area contributed by atoms with Crippen LogP contribution in [0.15, 0.2) is 0 Å². The van der Waals surface area contributed by atoms with E-state index in [1.165, 1.54) is 14.2 Å². The Morgan fingerprint density at radius 2 is 1.86 bits per heavy atom. The molecule has 2 nitrogen and oxygen atoms in total. The average Bonchev–Trinajstić information content (AvgIpc) is 1.72. The van der Waals surface area contributed by atoms with Crippen LogP contribution in [0.4, 0.5) is 0 Å². The Morgan fingerprint density at radius 3 is 1.86 bits per heavy atom. The van der Waals surface area contributed by atoms with Crippen molar-refractivity contribution in [1.82, 2.24) is 0 Å². The van der Waals surface area contributed by atoms with E-state index in [0.717, 1.165) is 0 Å². The van der Waals surface area contributed by atoms with Crippen LogP contribution < -0.4 is 0 Å². The summed E-state index contributed by atoms with van der Waals surface area (Å²) >= 11 is 0. The summed E-state index contributed by atoms with van der Waals surface area (Å²) in [6, 6.07) is 0. The Morgan fingerprint density at radius 1 is 1.43 bits per heavy atom. The molecule has 0 aliphatic carbocycles. The van der Waals surface area contributed by atoms with Crippen LogP contribution in [0.3, 0.4) is 0 Å². The first-order valence-electron chi connectivity index (χ1n) is 1.87. The van der Waals surface area contributed by atoms with Crippen LogP contribution in [-0.4, -0.2) is 21.3 Å². The molecule has 0 heterocycles. The van der Waals surface area contributed by atoms with Crippen molar-refractivity contribution in [2.24, 2.45) is 0 Å². The highest BCUT2D eigenvalue weighted by Crippen LogP contribution is 1.77. The lowest BCUT2D eigenvalue weighted by Crippen LogP contribution is -2.15. The second-order valence-corrected chi connectivity index (χ2v) is 0.970. The summed E-state index contributed by atoms with van der Waals surface area (Å²) in [5, 5.41) is 0. The number of rotatable bonds is 2. The maximum atomic E-state index is 4.89. The summed E-state index contributed by atoms with van der Waals surface area (Å²) in [5.41, 5.74) is 0. The van der Waals surface area contributed by atoms with Gasteiger partial charge in [0.25, 0.3) is 0 Å². The highest BCUT2D eigenvalue weighted by atomic mass is 16.6. The second-order valence-electron chi connectivity index (χ2n) is 0.970. The van der Waals surface area contributed by atoms with Crippen molar-refractivity contribution in [2.45, 2.75) is 0 Å². The molecule has 0 aromatic heterocycles. The van der Waals surface area contributed by atoms with Gasteiger partial charge in [-0.25, -0.2) is 0 Å². The summed E-state index contributed by atoms with van der Waals surface area (Å²) in [7, 11) is 2.50. The van der Waals surface area contributed by atoms with E-state index < -0.39 is 7.12 Å². The van der Waals surface area contributed by atoms with Crippen molar-refractivity contribution in [3.63, 3.8) is 0 Å². The molecule has 0 N–H and O–H groups in total. The summed E-state index contributed by atoms with van der Waals surface area (Å²) in [5.74, 6) is 2.26. The molecule has 0 spiro atoms. The van der Waals surface area contributed by atoms with E-state index in [2.05, 4.69) is 15.1 Å². The topological polar surface area (TPSA) is 18.5 Å². The summed E-state index contributed by atoms with van der Waals surface area (Å²) < 4.78 is 9.18. The van der Waals surface area contributed by atoms with Gasteiger partial charge in [0, 0.05) is 14.2 Å². The molecule has 0 saturated heterocycles. The zero-order valence-electron chi connectivity index (χ0n) is 4.47. The predicted octanol–water partition coefficient (Wildman–Crippen LogP) is -0.0602. The summed E-state index contributed by atoms with van der Waals surface area (Å²) in [6.07, 6.45) is 4.89. The Labute approximate surface area is 44.0 Å². The van der Waals surface area contributed by atoms with Gasteiger partial charge in [-0.2, -0.15) is 0 Å². The van der Waals surface area contributed by atoms with Gasteiger partial charge >= 0.3 is 7.12 Å². The quantitative estimate of drug-likeness (QED) is 0.355. The van der Waals surface area contributed by atoms with Gasteiger partial charge in [-0.05, 0) is 0 Å². The number of hydrogen-bond acceptors (Lipinski definition) is 2. The molecule has 0 aromatic carbocycles. The van der Waals surface area contributed by atoms with Crippen LogP contribution in [0.25, 0.3) is 0 Å². The van der Waals surface area contributed by atoms with E-state index in [0.29, 0.717) is 0 Å². The Bertz CT molecular complexity index is 72.2. The van der Waals surface area contributed by atoms with Gasteiger partial charge in [0.15, 0.2) is 0 Å². The molecule has 0 unspecified atom stereocenters. The lowest BCUT2D eigenvalue weighted by atomic mass is 9.93. The maximum absolute atomic E-state index is 4.89. The molecule has 0 atom stereocenters. The van der Waals surface area contributed by atoms with Gasteiger partial charge in [-0.1, -0.05) is 5.82 Å². The van der Waals surface area contributed by atoms with Gasteiger partial charge in [0.05, 0.1) is 0 Å². The molecule has 0 fully saturated rings. The molecular weight excluding hydrogens is 90.9 g/mol. The van der Waals surface area contributed by atoms with Crippen molar-refractivity contribution < 1.29 is 9.31 Å². The van der Waals surface area contributed by atoms with E-state index in [1.54, 1.807) is 0 Å². The molecule has 0 bridgehead atoms. The molecule has 0 radical (unpaired) electrons. The van der Waals surface area contributed by atoms with E-state index >= 15 is 0 Å². The Kier molecular flexibility index (Phi) is 3.48. The molecule has 0 aliphatic heterocycles. The first-order chi connectivity index (χ1) is 3.35. The first-order valence-corrected chi connectivity index (χ1v) is 1.87. The van der Waals surface area contributed by atoms with E-state index in [9.17, 15) is 0 Å². The van der Waals surface area contributed by atoms with Crippen LogP contribution >= 0.6 is 0 Å². The van der Waals surface area contributed by atoms with E-state index in [1.807, 2.05) is 0 Å². The maximum Gasteiger partial charge on any atom is 0.549 e. The molecule has 0 amide bonds. The Hall–Kier alpha value is -0.455. The predicted molar refractivity (Wildman–Crippen MR) is 28.6 cm³/mol. The van der Waals surface area contributed by atoms with Crippen molar-refractivity contribution in [3.05, 3.63) is 0 Å². The van der Waals surface area contributed by atoms with Gasteiger partial charge in [-0.15, -0.1) is 6.42 Å². The lowest BCUT2D eigenvalue weighted by Gasteiger charge is -1.95. The molecule has 0 rings (SSSR count). The minimum Gasteiger partial charge on any atom is -0.403 e. The van der Waals surface area contributed by atoms with Crippen LogP contribution in [0.2, 0.25) is 0 Å². The van der Waals surface area contributed by atoms with Gasteiger partial charge in [0.2, 0.25) is 0 Å². The Balaban J connectivity index is 3.23. The van der Waals surface area contributed by atoms with Crippen molar-refractivity contribution >= 4 is 7.12 Å². The van der Waals surface area contributed by atoms with Crippen molar-refractivity contribution in [1.29, 1.82) is 0 Å². The van der Waals surface area contributed by atoms with E-state index in [-0.39, 0.29) is 0 Å². The molecule has 0 saturated carbocycles. The summed E-state index contributed by atoms with van der Waals surface area (Å²) in [4.78, 5) is 0. The van der Waals surface area contributed by atoms with Crippen molar-refractivity contribution in [3.8, 4) is 12.2 Å². The monoisotopic (exact) mass is 98.1 g/mol. The lowest BCUT2D eigenvalue weighted by molar-refractivity contribution is 0.293. The summed E-state index contributed by atoms with van der Waals surface area (Å²) in [6.45, 7) is 0. The fourth-order valence-electron chi connectivity index (χ4n) is 0.232. The van der Waals surface area contributed by atoms with Crippen molar-refractivity contribution in [2.75, 3.05) is 14.2 Å². The number of terminal acetylenes is 1. The van der Waals surface area contributed by atoms with Crippen LogP contribution in [0, 0.1) is 12.2 Å². The third-order valence-electron chi connectivity index (χ3n) is 0.564. The molecule has 38 valence electrons. The molecule has 3 heteroatoms. The van der Waals surface area contributed by atoms with Gasteiger partial charge in [-0.3, -0.25) is 0 Å². The van der Waals surface area contributed by atoms with Gasteiger partial charge in [0.1, 0.15) is 0 Å². The number of hydrogen-bond donors (Lipinski definition) is 0. The molecule has 0 aliphatic rings. The molecule has 0 aromatic rings. The highest BCUT2D eigenvalue weighted by molar-refractivity contribution is 6.54. The SMILES string of the molecule is C#CB(OC)OC. The molecular formula is C4H7BO2. The third-order valence-corrected chi connectivity index (χ3v) is 0.564. The zero-order chi connectivity index (χ0) is 5.70. The third kappa shape index (κ3) is 2.27. The first kappa shape index (κ1) is 6.54. The van der Waals surface area contributed by atoms with Crippen LogP contribution in [0.5, 0.6) is 0 Å².